The summed E-state index contributed by atoms with van der Waals surface area (Å²) in [5, 5.41) is 12.5. The summed E-state index contributed by atoms with van der Waals surface area (Å²) in [7, 11) is 0. The average molecular weight is 261 g/mol. The monoisotopic (exact) mass is 261 g/mol. The van der Waals surface area contributed by atoms with Crippen molar-refractivity contribution in [2.45, 2.75) is 32.0 Å². The average Bonchev–Trinajstić information content (AvgIpc) is 3.23. The van der Waals surface area contributed by atoms with Crippen molar-refractivity contribution in [3.63, 3.8) is 0 Å². The van der Waals surface area contributed by atoms with E-state index in [1.807, 2.05) is 12.3 Å². The summed E-state index contributed by atoms with van der Waals surface area (Å²) in [5.74, 6) is 0. The van der Waals surface area contributed by atoms with Crippen LogP contribution in [0, 0.1) is 0 Å². The second-order valence-corrected chi connectivity index (χ2v) is 5.06. The zero-order chi connectivity index (χ0) is 13.5. The van der Waals surface area contributed by atoms with Gasteiger partial charge in [0, 0.05) is 38.4 Å². The first-order chi connectivity index (χ1) is 9.31. The molecule has 1 aromatic heterocycles. The van der Waals surface area contributed by atoms with Gasteiger partial charge in [0.1, 0.15) is 0 Å². The Bertz CT molecular complexity index is 387. The minimum absolute atomic E-state index is 0.164. The van der Waals surface area contributed by atoms with Gasteiger partial charge in [-0.25, -0.2) is 0 Å². The van der Waals surface area contributed by atoms with Crippen LogP contribution in [-0.4, -0.2) is 40.7 Å². The Kier molecular flexibility index (Phi) is 5.51. The summed E-state index contributed by atoms with van der Waals surface area (Å²) in [6.07, 6.45) is 6.41. The standard InChI is InChI=1S/C15H23N3O/c1-2-7-18(8-9-19)12-15-4-3-13(11-17-15)10-16-14-5-6-14/h2-4,11,14,16,19H,1,5-10,12H2. The van der Waals surface area contributed by atoms with E-state index in [9.17, 15) is 0 Å². The van der Waals surface area contributed by atoms with Gasteiger partial charge in [-0.05, 0) is 24.5 Å². The molecule has 4 heteroatoms. The summed E-state index contributed by atoms with van der Waals surface area (Å²) < 4.78 is 0. The van der Waals surface area contributed by atoms with E-state index in [2.05, 4.69) is 33.9 Å². The highest BCUT2D eigenvalue weighted by Crippen LogP contribution is 2.19. The van der Waals surface area contributed by atoms with E-state index in [-0.39, 0.29) is 6.61 Å². The third-order valence-electron chi connectivity index (χ3n) is 3.25. The molecule has 19 heavy (non-hydrogen) atoms. The maximum absolute atomic E-state index is 9.01. The van der Waals surface area contributed by atoms with Gasteiger partial charge in [0.05, 0.1) is 12.3 Å². The largest absolute Gasteiger partial charge is 0.395 e. The van der Waals surface area contributed by atoms with E-state index in [1.165, 1.54) is 18.4 Å². The van der Waals surface area contributed by atoms with Crippen LogP contribution in [0.25, 0.3) is 0 Å². The van der Waals surface area contributed by atoms with Crippen molar-refractivity contribution in [3.05, 3.63) is 42.2 Å². The summed E-state index contributed by atoms with van der Waals surface area (Å²) in [6, 6.07) is 4.92. The van der Waals surface area contributed by atoms with Gasteiger partial charge >= 0.3 is 0 Å². The molecule has 2 N–H and O–H groups in total. The highest BCUT2D eigenvalue weighted by Gasteiger charge is 2.19. The van der Waals surface area contributed by atoms with Crippen LogP contribution in [0.15, 0.2) is 31.0 Å². The minimum atomic E-state index is 0.164. The molecule has 0 atom stereocenters. The number of nitrogens with zero attached hydrogens (tertiary/aromatic N) is 2. The molecular weight excluding hydrogens is 238 g/mol. The van der Waals surface area contributed by atoms with Gasteiger partial charge in [0.2, 0.25) is 0 Å². The normalized spacial score (nSPS) is 14.8. The number of aliphatic hydroxyl groups excluding tert-OH is 1. The van der Waals surface area contributed by atoms with E-state index in [0.717, 1.165) is 31.4 Å². The fourth-order valence-corrected chi connectivity index (χ4v) is 1.99. The van der Waals surface area contributed by atoms with Gasteiger partial charge in [0.25, 0.3) is 0 Å². The minimum Gasteiger partial charge on any atom is -0.395 e. The SMILES string of the molecule is C=CCN(CCO)Cc1ccc(CNC2CC2)cn1. The Hall–Kier alpha value is -1.23. The fourth-order valence-electron chi connectivity index (χ4n) is 1.99. The molecule has 2 rings (SSSR count). The molecule has 0 saturated heterocycles. The van der Waals surface area contributed by atoms with E-state index < -0.39 is 0 Å². The maximum atomic E-state index is 9.01. The molecule has 1 aliphatic rings. The maximum Gasteiger partial charge on any atom is 0.0558 e. The van der Waals surface area contributed by atoms with Gasteiger partial charge in [-0.1, -0.05) is 12.1 Å². The molecule has 104 valence electrons. The zero-order valence-corrected chi connectivity index (χ0v) is 11.4. The first kappa shape index (κ1) is 14.2. The lowest BCUT2D eigenvalue weighted by Gasteiger charge is -2.18. The molecule has 1 aliphatic carbocycles. The fraction of sp³-hybridized carbons (Fsp3) is 0.533. The number of aliphatic hydroxyl groups is 1. The van der Waals surface area contributed by atoms with Crippen LogP contribution in [-0.2, 0) is 13.1 Å². The highest BCUT2D eigenvalue weighted by atomic mass is 16.3. The van der Waals surface area contributed by atoms with Crippen molar-refractivity contribution in [2.24, 2.45) is 0 Å². The number of hydrogen-bond acceptors (Lipinski definition) is 4. The number of nitrogens with one attached hydrogen (secondary N) is 1. The van der Waals surface area contributed by atoms with Crippen LogP contribution in [0.1, 0.15) is 24.1 Å². The number of pyridine rings is 1. The molecule has 1 fully saturated rings. The summed E-state index contributed by atoms with van der Waals surface area (Å²) in [5.41, 5.74) is 2.26. The Labute approximate surface area is 115 Å². The first-order valence-corrected chi connectivity index (χ1v) is 6.93. The molecule has 4 nitrogen and oxygen atoms in total. The molecule has 0 unspecified atom stereocenters. The lowest BCUT2D eigenvalue weighted by molar-refractivity contribution is 0.202. The summed E-state index contributed by atoms with van der Waals surface area (Å²) in [6.45, 7) is 6.98. The number of aromatic nitrogens is 1. The number of hydrogen-bond donors (Lipinski definition) is 2. The van der Waals surface area contributed by atoms with Crippen molar-refractivity contribution in [3.8, 4) is 0 Å². The van der Waals surface area contributed by atoms with Gasteiger partial charge in [0.15, 0.2) is 0 Å². The molecule has 0 amide bonds. The van der Waals surface area contributed by atoms with Gasteiger partial charge in [-0.2, -0.15) is 0 Å². The second-order valence-electron chi connectivity index (χ2n) is 5.06. The topological polar surface area (TPSA) is 48.4 Å². The quantitative estimate of drug-likeness (QED) is 0.658. The van der Waals surface area contributed by atoms with Gasteiger partial charge in [-0.15, -0.1) is 6.58 Å². The summed E-state index contributed by atoms with van der Waals surface area (Å²) in [4.78, 5) is 6.61. The Morgan fingerprint density at radius 2 is 2.32 bits per heavy atom. The van der Waals surface area contributed by atoms with Crippen LogP contribution in [0.2, 0.25) is 0 Å². The molecule has 1 saturated carbocycles. The highest BCUT2D eigenvalue weighted by molar-refractivity contribution is 5.14. The smallest absolute Gasteiger partial charge is 0.0558 e. The molecule has 0 aromatic carbocycles. The number of rotatable bonds is 9. The Morgan fingerprint density at radius 1 is 1.47 bits per heavy atom. The Balaban J connectivity index is 1.83. The van der Waals surface area contributed by atoms with E-state index in [4.69, 9.17) is 5.11 Å². The third kappa shape index (κ3) is 5.11. The second kappa shape index (κ2) is 7.38. The molecule has 1 aromatic rings. The first-order valence-electron chi connectivity index (χ1n) is 6.93. The molecule has 0 spiro atoms. The van der Waals surface area contributed by atoms with Crippen LogP contribution >= 0.6 is 0 Å². The van der Waals surface area contributed by atoms with Crippen LogP contribution in [0.4, 0.5) is 0 Å². The zero-order valence-electron chi connectivity index (χ0n) is 11.4. The van der Waals surface area contributed by atoms with E-state index in [1.54, 1.807) is 0 Å². The lowest BCUT2D eigenvalue weighted by Crippen LogP contribution is -2.27. The summed E-state index contributed by atoms with van der Waals surface area (Å²) >= 11 is 0. The van der Waals surface area contributed by atoms with E-state index in [0.29, 0.717) is 6.54 Å². The van der Waals surface area contributed by atoms with Crippen LogP contribution in [0.5, 0.6) is 0 Å². The molecule has 0 aliphatic heterocycles. The molecule has 0 radical (unpaired) electrons. The molecule has 0 bridgehead atoms. The van der Waals surface area contributed by atoms with Crippen molar-refractivity contribution in [2.75, 3.05) is 19.7 Å². The predicted molar refractivity (Wildman–Crippen MR) is 76.7 cm³/mol. The lowest BCUT2D eigenvalue weighted by atomic mass is 10.2. The third-order valence-corrected chi connectivity index (χ3v) is 3.25. The van der Waals surface area contributed by atoms with Crippen molar-refractivity contribution in [1.29, 1.82) is 0 Å². The predicted octanol–water partition coefficient (Wildman–Crippen LogP) is 1.31. The van der Waals surface area contributed by atoms with Crippen molar-refractivity contribution >= 4 is 0 Å². The molecular formula is C15H23N3O. The Morgan fingerprint density at radius 3 is 2.89 bits per heavy atom. The van der Waals surface area contributed by atoms with Crippen molar-refractivity contribution in [1.82, 2.24) is 15.2 Å². The van der Waals surface area contributed by atoms with Gasteiger partial charge in [-0.3, -0.25) is 9.88 Å². The van der Waals surface area contributed by atoms with Gasteiger partial charge < -0.3 is 10.4 Å². The van der Waals surface area contributed by atoms with Crippen LogP contribution in [0.3, 0.4) is 0 Å². The van der Waals surface area contributed by atoms with Crippen molar-refractivity contribution < 1.29 is 5.11 Å². The van der Waals surface area contributed by atoms with E-state index >= 15 is 0 Å². The van der Waals surface area contributed by atoms with Crippen LogP contribution < -0.4 is 5.32 Å². The molecule has 1 heterocycles.